The number of aromatic nitrogens is 2. The van der Waals surface area contributed by atoms with Crippen molar-refractivity contribution in [3.8, 4) is 0 Å². The van der Waals surface area contributed by atoms with Gasteiger partial charge in [-0.05, 0) is 0 Å². The van der Waals surface area contributed by atoms with Crippen molar-refractivity contribution >= 4 is 11.7 Å². The molecule has 0 atom stereocenters. The first-order valence-corrected chi connectivity index (χ1v) is 5.57. The molecule has 0 aromatic carbocycles. The topological polar surface area (TPSA) is 54.9 Å². The lowest BCUT2D eigenvalue weighted by Gasteiger charge is -2.27. The molecule has 1 saturated heterocycles. The van der Waals surface area contributed by atoms with E-state index in [0.717, 1.165) is 17.6 Å². The highest BCUT2D eigenvalue weighted by molar-refractivity contribution is 5.90. The van der Waals surface area contributed by atoms with Crippen LogP contribution in [0.2, 0.25) is 0 Å². The zero-order valence-corrected chi connectivity index (χ0v) is 9.52. The van der Waals surface area contributed by atoms with Gasteiger partial charge in [-0.15, -0.1) is 0 Å². The van der Waals surface area contributed by atoms with E-state index in [1.165, 1.54) is 12.8 Å². The van der Waals surface area contributed by atoms with Crippen LogP contribution in [0.4, 0.5) is 5.82 Å². The lowest BCUT2D eigenvalue weighted by atomic mass is 10.4. The van der Waals surface area contributed by atoms with Crippen molar-refractivity contribution in [2.45, 2.75) is 12.8 Å². The number of amides is 1. The molecule has 0 radical (unpaired) electrons. The number of quaternary nitrogens is 1. The van der Waals surface area contributed by atoms with E-state index in [1.807, 2.05) is 0 Å². The van der Waals surface area contributed by atoms with Crippen LogP contribution in [0.25, 0.3) is 0 Å². The molecular weight excluding hydrogens is 204 g/mol. The number of carbonyl (C=O) groups is 1. The highest BCUT2D eigenvalue weighted by Crippen LogP contribution is 2.15. The molecule has 5 nitrogen and oxygen atoms in total. The first-order valence-electron chi connectivity index (χ1n) is 5.57. The quantitative estimate of drug-likeness (QED) is 0.763. The van der Waals surface area contributed by atoms with Crippen molar-refractivity contribution in [1.29, 1.82) is 0 Å². The maximum Gasteiger partial charge on any atom is 0.280 e. The van der Waals surface area contributed by atoms with E-state index in [4.69, 9.17) is 0 Å². The zero-order chi connectivity index (χ0) is 11.4. The van der Waals surface area contributed by atoms with Gasteiger partial charge in [-0.2, -0.15) is 0 Å². The molecule has 5 heteroatoms. The number of carbonyl (C=O) groups excluding carboxylic acids is 1. The van der Waals surface area contributed by atoms with E-state index in [2.05, 4.69) is 22.3 Å². The van der Waals surface area contributed by atoms with Gasteiger partial charge >= 0.3 is 0 Å². The standard InChI is InChI=1S/C11H16N4O/c1-15(6-2-3-7-15)9-11(16)14-10-8-12-4-5-13-10/h4-5,8H,2-3,6-7,9H2,1H3/p+1. The molecule has 1 aliphatic rings. The molecule has 0 bridgehead atoms. The largest absolute Gasteiger partial charge is 0.318 e. The van der Waals surface area contributed by atoms with Gasteiger partial charge in [0.15, 0.2) is 12.4 Å². The van der Waals surface area contributed by atoms with Gasteiger partial charge in [0.2, 0.25) is 0 Å². The van der Waals surface area contributed by atoms with Crippen LogP contribution < -0.4 is 5.32 Å². The molecule has 1 N–H and O–H groups in total. The number of likely N-dealkylation sites (N-methyl/N-ethyl adjacent to an activating group) is 1. The first kappa shape index (κ1) is 11.0. The van der Waals surface area contributed by atoms with Gasteiger partial charge in [0.1, 0.15) is 0 Å². The number of nitrogens with one attached hydrogen (secondary N) is 1. The lowest BCUT2D eigenvalue weighted by molar-refractivity contribution is -0.889. The molecule has 0 aliphatic carbocycles. The summed E-state index contributed by atoms with van der Waals surface area (Å²) in [6.45, 7) is 2.71. The summed E-state index contributed by atoms with van der Waals surface area (Å²) in [6.07, 6.45) is 7.15. The number of rotatable bonds is 3. The molecule has 16 heavy (non-hydrogen) atoms. The number of hydrogen-bond donors (Lipinski definition) is 1. The van der Waals surface area contributed by atoms with Gasteiger partial charge in [-0.25, -0.2) is 4.98 Å². The Hall–Kier alpha value is -1.49. The number of nitrogens with zero attached hydrogens (tertiary/aromatic N) is 3. The molecule has 1 aliphatic heterocycles. The Kier molecular flexibility index (Phi) is 3.14. The summed E-state index contributed by atoms with van der Waals surface area (Å²) in [4.78, 5) is 19.7. The highest BCUT2D eigenvalue weighted by Gasteiger charge is 2.29. The Bertz CT molecular complexity index is 360. The summed E-state index contributed by atoms with van der Waals surface area (Å²) in [5.74, 6) is 0.545. The fourth-order valence-electron chi connectivity index (χ4n) is 2.15. The third-order valence-corrected chi connectivity index (χ3v) is 3.00. The summed E-state index contributed by atoms with van der Waals surface area (Å²) in [7, 11) is 2.13. The molecule has 0 saturated carbocycles. The lowest BCUT2D eigenvalue weighted by Crippen LogP contribution is -2.46. The van der Waals surface area contributed by atoms with E-state index < -0.39 is 0 Å². The summed E-state index contributed by atoms with van der Waals surface area (Å²) < 4.78 is 0.839. The highest BCUT2D eigenvalue weighted by atomic mass is 16.2. The second-order valence-electron chi connectivity index (χ2n) is 4.57. The normalized spacial score (nSPS) is 18.3. The van der Waals surface area contributed by atoms with Crippen LogP contribution in [0.3, 0.4) is 0 Å². The maximum absolute atomic E-state index is 11.8. The molecule has 0 unspecified atom stereocenters. The second kappa shape index (κ2) is 4.57. The monoisotopic (exact) mass is 221 g/mol. The third kappa shape index (κ3) is 2.76. The molecule has 0 spiro atoms. The summed E-state index contributed by atoms with van der Waals surface area (Å²) in [6, 6.07) is 0. The second-order valence-corrected chi connectivity index (χ2v) is 4.57. The van der Waals surface area contributed by atoms with E-state index in [0.29, 0.717) is 12.4 Å². The van der Waals surface area contributed by atoms with Gasteiger partial charge in [0, 0.05) is 25.2 Å². The van der Waals surface area contributed by atoms with Crippen LogP contribution in [0.1, 0.15) is 12.8 Å². The summed E-state index contributed by atoms with van der Waals surface area (Å²) in [5, 5.41) is 2.77. The number of likely N-dealkylation sites (tertiary alicyclic amines) is 1. The van der Waals surface area contributed by atoms with Crippen LogP contribution in [0, 0.1) is 0 Å². The number of hydrogen-bond acceptors (Lipinski definition) is 3. The molecule has 1 amide bonds. The molecular formula is C11H17N4O+. The SMILES string of the molecule is C[N+]1(CC(=O)Nc2cnccn2)CCCC1. The van der Waals surface area contributed by atoms with Crippen molar-refractivity contribution in [3.05, 3.63) is 18.6 Å². The first-order chi connectivity index (χ1) is 7.68. The van der Waals surface area contributed by atoms with E-state index in [-0.39, 0.29) is 5.91 Å². The van der Waals surface area contributed by atoms with Gasteiger partial charge in [0.25, 0.3) is 5.91 Å². The minimum atomic E-state index is 0.0184. The molecule has 2 rings (SSSR count). The summed E-state index contributed by atoms with van der Waals surface area (Å²) >= 11 is 0. The maximum atomic E-state index is 11.8. The predicted molar refractivity (Wildman–Crippen MR) is 60.7 cm³/mol. The van der Waals surface area contributed by atoms with Gasteiger partial charge in [-0.1, -0.05) is 0 Å². The van der Waals surface area contributed by atoms with Gasteiger partial charge in [-0.3, -0.25) is 9.78 Å². The van der Waals surface area contributed by atoms with E-state index in [1.54, 1.807) is 18.6 Å². The fraction of sp³-hybridized carbons (Fsp3) is 0.545. The molecule has 86 valence electrons. The van der Waals surface area contributed by atoms with Crippen LogP contribution in [0.15, 0.2) is 18.6 Å². The van der Waals surface area contributed by atoms with Gasteiger partial charge in [0.05, 0.1) is 26.3 Å². The summed E-state index contributed by atoms with van der Waals surface area (Å²) in [5.41, 5.74) is 0. The Labute approximate surface area is 95.1 Å². The van der Waals surface area contributed by atoms with Crippen molar-refractivity contribution in [3.63, 3.8) is 0 Å². The van der Waals surface area contributed by atoms with E-state index in [9.17, 15) is 4.79 Å². The molecule has 2 heterocycles. The predicted octanol–water partition coefficient (Wildman–Crippen LogP) is 0.655. The minimum absolute atomic E-state index is 0.0184. The molecule has 1 aromatic rings. The van der Waals surface area contributed by atoms with Crippen LogP contribution in [0.5, 0.6) is 0 Å². The van der Waals surface area contributed by atoms with Crippen molar-refractivity contribution in [2.24, 2.45) is 0 Å². The van der Waals surface area contributed by atoms with Crippen LogP contribution >= 0.6 is 0 Å². The molecule has 1 aromatic heterocycles. The van der Waals surface area contributed by atoms with Crippen molar-refractivity contribution in [1.82, 2.24) is 9.97 Å². The van der Waals surface area contributed by atoms with Crippen molar-refractivity contribution < 1.29 is 9.28 Å². The van der Waals surface area contributed by atoms with Crippen molar-refractivity contribution in [2.75, 3.05) is 32.0 Å². The van der Waals surface area contributed by atoms with Crippen LogP contribution in [-0.2, 0) is 4.79 Å². The van der Waals surface area contributed by atoms with E-state index >= 15 is 0 Å². The average molecular weight is 221 g/mol. The Balaban J connectivity index is 1.89. The zero-order valence-electron chi connectivity index (χ0n) is 9.52. The van der Waals surface area contributed by atoms with Gasteiger partial charge < -0.3 is 9.80 Å². The minimum Gasteiger partial charge on any atom is -0.318 e. The Morgan fingerprint density at radius 1 is 1.44 bits per heavy atom. The smallest absolute Gasteiger partial charge is 0.280 e. The Morgan fingerprint density at radius 3 is 2.81 bits per heavy atom. The average Bonchev–Trinajstić information content (AvgIpc) is 2.66. The Morgan fingerprint density at radius 2 is 2.19 bits per heavy atom. The van der Waals surface area contributed by atoms with Crippen LogP contribution in [-0.4, -0.2) is 47.0 Å². The molecule has 1 fully saturated rings. The third-order valence-electron chi connectivity index (χ3n) is 3.00. The number of anilines is 1. The fourth-order valence-corrected chi connectivity index (χ4v) is 2.15.